The van der Waals surface area contributed by atoms with Crippen LogP contribution in [0.15, 0.2) is 12.1 Å². The molecule has 21 heavy (non-hydrogen) atoms. The lowest BCUT2D eigenvalue weighted by Crippen LogP contribution is -2.32. The minimum Gasteiger partial charge on any atom is -0.444 e. The van der Waals surface area contributed by atoms with E-state index >= 15 is 0 Å². The number of alkyl carbamates (subject to hydrolysis) is 1. The summed E-state index contributed by atoms with van der Waals surface area (Å²) in [4.78, 5) is 11.3. The van der Waals surface area contributed by atoms with Gasteiger partial charge in [-0.2, -0.15) is 0 Å². The van der Waals surface area contributed by atoms with E-state index in [9.17, 15) is 18.0 Å². The first-order chi connectivity index (χ1) is 9.69. The van der Waals surface area contributed by atoms with Crippen LogP contribution in [0, 0.1) is 29.3 Å². The lowest BCUT2D eigenvalue weighted by atomic mass is 10.2. The van der Waals surface area contributed by atoms with Crippen LogP contribution in [0.2, 0.25) is 0 Å². The lowest BCUT2D eigenvalue weighted by Gasteiger charge is -2.19. The second-order valence-electron chi connectivity index (χ2n) is 5.23. The van der Waals surface area contributed by atoms with E-state index < -0.39 is 29.1 Å². The largest absolute Gasteiger partial charge is 0.444 e. The van der Waals surface area contributed by atoms with Crippen LogP contribution in [-0.2, 0) is 4.74 Å². The van der Waals surface area contributed by atoms with Gasteiger partial charge in [-0.05, 0) is 26.8 Å². The minimum absolute atomic E-state index is 0.182. The van der Waals surface area contributed by atoms with Gasteiger partial charge in [-0.15, -0.1) is 0 Å². The molecule has 0 atom stereocenters. The molecule has 0 fully saturated rings. The van der Waals surface area contributed by atoms with Crippen LogP contribution in [0.3, 0.4) is 0 Å². The molecule has 3 nitrogen and oxygen atoms in total. The summed E-state index contributed by atoms with van der Waals surface area (Å²) in [6, 6.07) is 1.26. The van der Waals surface area contributed by atoms with Crippen LogP contribution in [0.4, 0.5) is 18.0 Å². The third kappa shape index (κ3) is 6.21. The molecule has 0 aromatic heterocycles. The molecule has 0 unspecified atom stereocenters. The Morgan fingerprint density at radius 1 is 1.29 bits per heavy atom. The first-order valence-electron chi connectivity index (χ1n) is 6.29. The van der Waals surface area contributed by atoms with E-state index in [2.05, 4.69) is 17.2 Å². The molecule has 1 N–H and O–H groups in total. The summed E-state index contributed by atoms with van der Waals surface area (Å²) in [6.07, 6.45) is -0.399. The monoisotopic (exact) mass is 299 g/mol. The normalized spacial score (nSPS) is 10.6. The summed E-state index contributed by atoms with van der Waals surface area (Å²) in [6.45, 7) is 5.37. The van der Waals surface area contributed by atoms with Gasteiger partial charge in [-0.3, -0.25) is 0 Å². The van der Waals surface area contributed by atoms with Crippen LogP contribution >= 0.6 is 0 Å². The van der Waals surface area contributed by atoms with Crippen molar-refractivity contribution in [1.82, 2.24) is 5.32 Å². The number of carbonyl (C=O) groups excluding carboxylic acids is 1. The molecule has 0 saturated carbocycles. The van der Waals surface area contributed by atoms with Gasteiger partial charge in [0.05, 0.1) is 5.56 Å². The van der Waals surface area contributed by atoms with Gasteiger partial charge in [-0.1, -0.05) is 11.8 Å². The highest BCUT2D eigenvalue weighted by Gasteiger charge is 2.15. The summed E-state index contributed by atoms with van der Waals surface area (Å²) < 4.78 is 44.1. The van der Waals surface area contributed by atoms with Crippen molar-refractivity contribution in [3.8, 4) is 11.8 Å². The van der Waals surface area contributed by atoms with E-state index in [1.165, 1.54) is 0 Å². The fraction of sp³-hybridized carbons (Fsp3) is 0.400. The van der Waals surface area contributed by atoms with Crippen molar-refractivity contribution in [3.63, 3.8) is 0 Å². The zero-order valence-corrected chi connectivity index (χ0v) is 12.0. The zero-order valence-electron chi connectivity index (χ0n) is 12.0. The molecule has 0 aliphatic heterocycles. The molecule has 1 aromatic carbocycles. The summed E-state index contributed by atoms with van der Waals surface area (Å²) in [5, 5.41) is 2.46. The van der Waals surface area contributed by atoms with E-state index in [4.69, 9.17) is 4.74 Å². The molecule has 1 amide bonds. The predicted molar refractivity (Wildman–Crippen MR) is 72.0 cm³/mol. The number of amides is 1. The van der Waals surface area contributed by atoms with Crippen molar-refractivity contribution in [3.05, 3.63) is 35.1 Å². The number of ether oxygens (including phenoxy) is 1. The number of rotatable bonds is 2. The second kappa shape index (κ2) is 7.02. The quantitative estimate of drug-likeness (QED) is 0.516. The third-order valence-electron chi connectivity index (χ3n) is 2.13. The molecule has 0 radical (unpaired) electrons. The van der Waals surface area contributed by atoms with Crippen LogP contribution < -0.4 is 5.32 Å². The average Bonchev–Trinajstić information content (AvgIpc) is 2.32. The highest BCUT2D eigenvalue weighted by Crippen LogP contribution is 2.13. The van der Waals surface area contributed by atoms with E-state index in [0.717, 1.165) is 6.07 Å². The molecule has 0 heterocycles. The van der Waals surface area contributed by atoms with Gasteiger partial charge in [0.2, 0.25) is 0 Å². The summed E-state index contributed by atoms with van der Waals surface area (Å²) in [5.41, 5.74) is -0.956. The Morgan fingerprint density at radius 3 is 2.57 bits per heavy atom. The van der Waals surface area contributed by atoms with Crippen molar-refractivity contribution in [2.75, 3.05) is 6.54 Å². The van der Waals surface area contributed by atoms with Gasteiger partial charge < -0.3 is 10.1 Å². The van der Waals surface area contributed by atoms with Gasteiger partial charge >= 0.3 is 6.09 Å². The first kappa shape index (κ1) is 16.9. The fourth-order valence-corrected chi connectivity index (χ4v) is 1.35. The lowest BCUT2D eigenvalue weighted by molar-refractivity contribution is 0.0529. The molecule has 0 spiro atoms. The van der Waals surface area contributed by atoms with Crippen LogP contribution in [0.5, 0.6) is 0 Å². The maximum absolute atomic E-state index is 13.3. The number of halogens is 3. The smallest absolute Gasteiger partial charge is 0.407 e. The summed E-state index contributed by atoms with van der Waals surface area (Å²) in [5.74, 6) is 1.47. The highest BCUT2D eigenvalue weighted by atomic mass is 19.2. The minimum atomic E-state index is -1.29. The molecule has 0 aliphatic rings. The molecule has 1 aromatic rings. The molecule has 1 rings (SSSR count). The third-order valence-corrected chi connectivity index (χ3v) is 2.13. The Balaban J connectivity index is 2.50. The molecule has 0 aliphatic carbocycles. The van der Waals surface area contributed by atoms with Gasteiger partial charge in [0, 0.05) is 19.0 Å². The molecular formula is C15H16F3NO2. The van der Waals surface area contributed by atoms with Gasteiger partial charge in [0.25, 0.3) is 0 Å². The van der Waals surface area contributed by atoms with Gasteiger partial charge in [0.15, 0.2) is 11.6 Å². The number of benzene rings is 1. The van der Waals surface area contributed by atoms with Crippen LogP contribution in [0.25, 0.3) is 0 Å². The Kier molecular flexibility index (Phi) is 5.65. The van der Waals surface area contributed by atoms with Crippen molar-refractivity contribution in [2.24, 2.45) is 0 Å². The summed E-state index contributed by atoms with van der Waals surface area (Å²) in [7, 11) is 0. The Bertz CT molecular complexity index is 583. The van der Waals surface area contributed by atoms with E-state index in [1.54, 1.807) is 20.8 Å². The predicted octanol–water partition coefficient (Wildman–Crippen LogP) is 3.37. The van der Waals surface area contributed by atoms with E-state index in [1.807, 2.05) is 0 Å². The number of hydrogen-bond acceptors (Lipinski definition) is 2. The molecule has 0 saturated heterocycles. The highest BCUT2D eigenvalue weighted by molar-refractivity contribution is 5.67. The molecular weight excluding hydrogens is 283 g/mol. The topological polar surface area (TPSA) is 38.3 Å². The Labute approximate surface area is 121 Å². The Morgan fingerprint density at radius 2 is 1.95 bits per heavy atom. The van der Waals surface area contributed by atoms with Gasteiger partial charge in [-0.25, -0.2) is 18.0 Å². The fourth-order valence-electron chi connectivity index (χ4n) is 1.35. The van der Waals surface area contributed by atoms with Crippen molar-refractivity contribution in [1.29, 1.82) is 0 Å². The Hall–Kier alpha value is -2.16. The maximum atomic E-state index is 13.3. The van der Waals surface area contributed by atoms with Crippen molar-refractivity contribution >= 4 is 6.09 Å². The average molecular weight is 299 g/mol. The van der Waals surface area contributed by atoms with E-state index in [-0.39, 0.29) is 18.5 Å². The number of hydrogen-bond donors (Lipinski definition) is 1. The number of carbonyl (C=O) groups is 1. The molecule has 6 heteroatoms. The van der Waals surface area contributed by atoms with Crippen LogP contribution in [0.1, 0.15) is 32.8 Å². The standard InChI is InChI=1S/C15H16F3NO2/c1-15(2,3)21-14(20)19-7-5-4-6-10-8-11(16)9-12(17)13(10)18/h8-9H,5,7H2,1-3H3,(H,19,20). The summed E-state index contributed by atoms with van der Waals surface area (Å²) >= 11 is 0. The van der Waals surface area contributed by atoms with Crippen LogP contribution in [-0.4, -0.2) is 18.2 Å². The zero-order chi connectivity index (χ0) is 16.0. The van der Waals surface area contributed by atoms with Crippen molar-refractivity contribution < 1.29 is 22.7 Å². The second-order valence-corrected chi connectivity index (χ2v) is 5.23. The molecule has 0 bridgehead atoms. The first-order valence-corrected chi connectivity index (χ1v) is 6.29. The number of nitrogens with one attached hydrogen (secondary N) is 1. The van der Waals surface area contributed by atoms with Gasteiger partial charge in [0.1, 0.15) is 11.4 Å². The van der Waals surface area contributed by atoms with Crippen molar-refractivity contribution in [2.45, 2.75) is 32.8 Å². The van der Waals surface area contributed by atoms with E-state index in [0.29, 0.717) is 6.07 Å². The maximum Gasteiger partial charge on any atom is 0.407 e. The SMILES string of the molecule is CC(C)(C)OC(=O)NCCC#Cc1cc(F)cc(F)c1F. The molecule has 114 valence electrons.